The van der Waals surface area contributed by atoms with Gasteiger partial charge >= 0.3 is 40.0 Å². The van der Waals surface area contributed by atoms with E-state index in [0.29, 0.717) is 0 Å². The van der Waals surface area contributed by atoms with Crippen molar-refractivity contribution in [2.45, 2.75) is 129 Å². The molecule has 0 spiro atoms. The third-order valence-corrected chi connectivity index (χ3v) is 15.9. The van der Waals surface area contributed by atoms with E-state index in [9.17, 15) is 14.7 Å². The molecule has 0 aromatic heterocycles. The zero-order chi connectivity index (χ0) is 34.8. The van der Waals surface area contributed by atoms with Crippen molar-refractivity contribution < 1.29 is 59.3 Å². The maximum atomic E-state index is 13.2. The van der Waals surface area contributed by atoms with E-state index >= 15 is 0 Å². The second kappa shape index (κ2) is 23.3. The fraction of sp³-hybridized carbons (Fsp3) is 0.700. The molecule has 13 heteroatoms. The summed E-state index contributed by atoms with van der Waals surface area (Å²) in [7, 11) is -4.55. The van der Waals surface area contributed by atoms with Crippen LogP contribution in [0.4, 0.5) is 4.79 Å². The van der Waals surface area contributed by atoms with Crippen LogP contribution in [0.2, 0.25) is 36.3 Å². The molecule has 1 amide bonds. The van der Waals surface area contributed by atoms with Gasteiger partial charge in [-0.2, -0.15) is 0 Å². The van der Waals surface area contributed by atoms with Gasteiger partial charge in [0, 0.05) is 23.5 Å². The molecule has 0 aliphatic heterocycles. The second-order valence-electron chi connectivity index (χ2n) is 13.4. The fourth-order valence-electron chi connectivity index (χ4n) is 2.60. The number of alkyl carbamates (subject to hydrolysis) is 1. The minimum atomic E-state index is -2.37. The van der Waals surface area contributed by atoms with Crippen molar-refractivity contribution in [2.75, 3.05) is 6.61 Å². The number of carbonyl (C=O) groups is 2. The van der Waals surface area contributed by atoms with E-state index in [2.05, 4.69) is 93.0 Å². The molecule has 0 saturated heterocycles. The molecule has 0 aliphatic carbocycles. The topological polar surface area (TPSA) is 154 Å². The summed E-state index contributed by atoms with van der Waals surface area (Å²) >= 11 is 0. The van der Waals surface area contributed by atoms with E-state index in [0.717, 1.165) is 0 Å². The number of aliphatic hydroxyl groups excluding tert-OH is 1. The van der Waals surface area contributed by atoms with Crippen LogP contribution in [0.1, 0.15) is 69.2 Å². The predicted octanol–water partition coefficient (Wildman–Crippen LogP) is 5.94. The molecule has 0 rings (SSSR count). The summed E-state index contributed by atoms with van der Waals surface area (Å²) in [5, 5.41) is 14.0. The van der Waals surface area contributed by atoms with Crippen molar-refractivity contribution >= 4 is 28.5 Å². The van der Waals surface area contributed by atoms with Crippen LogP contribution in [0.25, 0.3) is 0 Å². The Balaban J connectivity index is -0.000000643. The standard InChI is InChI=1S/C27H53NO6Si2.3CO.Fe/c1-15-16-17-18-20(29)22(28-24(31)33-25(2,3)4)23(30)21(34-36(13,14)27(8,9)10)19-32-35(11,12)26(5,6)7;3*1-2;/h15-18,21-23,30H,19H2,1-14H3,(H,28,31);;;;/t21-,22-,23-;;;;/m1..../s1. The summed E-state index contributed by atoms with van der Waals surface area (Å²) in [6.07, 6.45) is 3.46. The Morgan fingerprint density at radius 3 is 1.60 bits per heavy atom. The quantitative estimate of drug-likeness (QED) is 0.106. The van der Waals surface area contributed by atoms with Crippen molar-refractivity contribution in [3.05, 3.63) is 45.6 Å². The Morgan fingerprint density at radius 1 is 0.837 bits per heavy atom. The summed E-state index contributed by atoms with van der Waals surface area (Å²) in [6, 6.07) is -1.26. The number of hydrogen-bond acceptors (Lipinski definition) is 6. The smallest absolute Gasteiger partial charge is 0 e. The Bertz CT molecular complexity index is 826. The van der Waals surface area contributed by atoms with Crippen LogP contribution in [0.3, 0.4) is 0 Å². The van der Waals surface area contributed by atoms with E-state index in [1.807, 2.05) is 6.92 Å². The van der Waals surface area contributed by atoms with E-state index < -0.39 is 52.4 Å². The largest absolute Gasteiger partial charge is 0 e. The molecule has 0 unspecified atom stereocenters. The Labute approximate surface area is 274 Å². The average molecular weight is 684 g/mol. The minimum Gasteiger partial charge on any atom is 0 e. The number of Topliss-reactive ketones (excluding diaryl/α,β-unsaturated/α-hetero) is 1. The van der Waals surface area contributed by atoms with Crippen LogP contribution < -0.4 is 5.32 Å². The molecule has 43 heavy (non-hydrogen) atoms. The molecule has 2 N–H and O–H groups in total. The van der Waals surface area contributed by atoms with E-state index in [4.69, 9.17) is 27.5 Å². The van der Waals surface area contributed by atoms with Crippen molar-refractivity contribution in [3.63, 3.8) is 0 Å². The number of ether oxygens (including phenoxy) is 1. The number of carbonyl (C=O) groups excluding carboxylic acids is 2. The van der Waals surface area contributed by atoms with Crippen LogP contribution in [0.5, 0.6) is 0 Å². The normalized spacial score (nSPS) is 13.8. The summed E-state index contributed by atoms with van der Waals surface area (Å²) in [6.45, 7) is 41.8. The molecule has 0 bridgehead atoms. The molecule has 4 radical (unpaired) electrons. The molecule has 0 heterocycles. The molecule has 0 aromatic rings. The molecule has 10 nitrogen and oxygen atoms in total. The van der Waals surface area contributed by atoms with E-state index in [-0.39, 0.29) is 33.8 Å². The van der Waals surface area contributed by atoms with Crippen LogP contribution in [0.15, 0.2) is 0 Å². The van der Waals surface area contributed by atoms with Crippen LogP contribution in [0, 0.1) is 45.6 Å². The third-order valence-electron chi connectivity index (χ3n) is 6.93. The van der Waals surface area contributed by atoms with Crippen LogP contribution in [-0.4, -0.2) is 64.1 Å². The van der Waals surface area contributed by atoms with Gasteiger partial charge in [-0.3, -0.25) is 4.79 Å². The zero-order valence-corrected chi connectivity index (χ0v) is 31.4. The number of unbranched alkanes of at least 4 members (excludes halogenated alkanes) is 2. The van der Waals surface area contributed by atoms with Crippen LogP contribution >= 0.6 is 0 Å². The number of ketones is 1. The molecule has 0 aromatic carbocycles. The zero-order valence-electron chi connectivity index (χ0n) is 28.3. The number of rotatable bonds is 13. The molecule has 3 atom stereocenters. The maximum absolute atomic E-state index is 13.2. The molecule has 248 valence electrons. The first kappa shape index (κ1) is 51.6. The molecule has 0 aliphatic rings. The fourth-order valence-corrected chi connectivity index (χ4v) is 4.94. The van der Waals surface area contributed by atoms with Crippen molar-refractivity contribution in [1.82, 2.24) is 5.32 Å². The van der Waals surface area contributed by atoms with Crippen molar-refractivity contribution in [3.8, 4) is 0 Å². The Morgan fingerprint density at radius 2 is 1.26 bits per heavy atom. The predicted molar refractivity (Wildman–Crippen MR) is 164 cm³/mol. The Kier molecular flexibility index (Phi) is 28.0. The first-order valence-corrected chi connectivity index (χ1v) is 19.2. The van der Waals surface area contributed by atoms with Gasteiger partial charge in [0.2, 0.25) is 0 Å². The second-order valence-corrected chi connectivity index (χ2v) is 23.0. The third kappa shape index (κ3) is 21.4. The molecule has 0 saturated carbocycles. The maximum Gasteiger partial charge on any atom is 0 e. The summed E-state index contributed by atoms with van der Waals surface area (Å²) < 4.78 is 40.9. The molecule has 0 fully saturated rings. The van der Waals surface area contributed by atoms with Crippen molar-refractivity contribution in [1.29, 1.82) is 0 Å². The molecular formula is C30H53FeNO9Si2. The average Bonchev–Trinajstić information content (AvgIpc) is 2.86. The molecular weight excluding hydrogens is 630 g/mol. The number of amides is 1. The van der Waals surface area contributed by atoms with Crippen molar-refractivity contribution in [2.24, 2.45) is 0 Å². The van der Waals surface area contributed by atoms with Gasteiger partial charge in [0.05, 0.1) is 12.7 Å². The van der Waals surface area contributed by atoms with Crippen LogP contribution in [-0.2, 0) is 49.4 Å². The number of nitrogens with one attached hydrogen (secondary N) is 1. The van der Waals surface area contributed by atoms with Gasteiger partial charge in [-0.05, 0) is 76.3 Å². The first-order valence-electron chi connectivity index (χ1n) is 13.4. The van der Waals surface area contributed by atoms with E-state index in [1.165, 1.54) is 6.42 Å². The van der Waals surface area contributed by atoms with E-state index in [1.54, 1.807) is 40.0 Å². The van der Waals surface area contributed by atoms with Gasteiger partial charge in [-0.25, -0.2) is 4.79 Å². The SMILES string of the molecule is C[CH][CH][CH][CH]C(=O)[C@@H](NC(=O)OC(C)(C)C)[C@H](O)[C@@H](CO[Si](C)(C)C(C)(C)C)O[Si](C)(C)C(C)(C)C.[C-]#[O+].[C-]#[O+].[C-]#[O+].[Fe]. The summed E-state index contributed by atoms with van der Waals surface area (Å²) in [5.41, 5.74) is -0.758. The number of aliphatic hydroxyl groups is 1. The Hall–Kier alpha value is -1.01. The number of hydrogen-bond donors (Lipinski definition) is 2. The monoisotopic (exact) mass is 683 g/mol. The van der Waals surface area contributed by atoms with Gasteiger partial charge in [-0.15, -0.1) is 0 Å². The summed E-state index contributed by atoms with van der Waals surface area (Å²) in [4.78, 5) is 25.8. The van der Waals surface area contributed by atoms with Gasteiger partial charge in [0.15, 0.2) is 22.4 Å². The van der Waals surface area contributed by atoms with Gasteiger partial charge in [0.25, 0.3) is 0 Å². The first-order chi connectivity index (χ1) is 18.9. The van der Waals surface area contributed by atoms with Gasteiger partial charge < -0.3 is 24.0 Å². The summed E-state index contributed by atoms with van der Waals surface area (Å²) in [5.74, 6) is -0.456. The van der Waals surface area contributed by atoms with Gasteiger partial charge in [-0.1, -0.05) is 48.5 Å². The van der Waals surface area contributed by atoms with Gasteiger partial charge in [0.1, 0.15) is 17.7 Å². The minimum absolute atomic E-state index is 0.